The highest BCUT2D eigenvalue weighted by Gasteiger charge is 2.20. The fourth-order valence-corrected chi connectivity index (χ4v) is 3.55. The summed E-state index contributed by atoms with van der Waals surface area (Å²) in [7, 11) is 0. The Morgan fingerprint density at radius 2 is 1.81 bits per heavy atom. The maximum Gasteiger partial charge on any atom is 0.305 e. The van der Waals surface area contributed by atoms with E-state index >= 15 is 0 Å². The fourth-order valence-electron chi connectivity index (χ4n) is 3.55. The lowest BCUT2D eigenvalue weighted by atomic mass is 10.0. The van der Waals surface area contributed by atoms with Gasteiger partial charge in [0, 0.05) is 11.3 Å². The number of hydrogen-bond donors (Lipinski definition) is 2. The third-order valence-electron chi connectivity index (χ3n) is 5.13. The van der Waals surface area contributed by atoms with E-state index in [0.29, 0.717) is 16.8 Å². The molecule has 0 aliphatic heterocycles. The van der Waals surface area contributed by atoms with Gasteiger partial charge in [-0.2, -0.15) is 0 Å². The van der Waals surface area contributed by atoms with E-state index in [1.165, 1.54) is 0 Å². The maximum atomic E-state index is 12.5. The quantitative estimate of drug-likeness (QED) is 0.448. The summed E-state index contributed by atoms with van der Waals surface area (Å²) in [6.07, 6.45) is 3.30. The number of hydrogen-bond acceptors (Lipinski definition) is 3. The first-order valence-electron chi connectivity index (χ1n) is 9.82. The van der Waals surface area contributed by atoms with E-state index in [9.17, 15) is 14.7 Å². The van der Waals surface area contributed by atoms with Gasteiger partial charge in [0.15, 0.2) is 0 Å². The molecule has 4 aromatic rings. The van der Waals surface area contributed by atoms with Gasteiger partial charge in [-0.1, -0.05) is 55.1 Å². The third kappa shape index (κ3) is 4.38. The van der Waals surface area contributed by atoms with Crippen LogP contribution in [0.4, 0.5) is 5.69 Å². The molecule has 4 rings (SSSR count). The molecule has 6 nitrogen and oxygen atoms in total. The van der Waals surface area contributed by atoms with Crippen LogP contribution in [0.25, 0.3) is 17.1 Å². The van der Waals surface area contributed by atoms with Crippen molar-refractivity contribution in [1.29, 1.82) is 0 Å². The predicted molar refractivity (Wildman–Crippen MR) is 121 cm³/mol. The second-order valence-electron chi connectivity index (χ2n) is 7.16. The van der Waals surface area contributed by atoms with E-state index in [1.54, 1.807) is 36.7 Å². The molecule has 0 aliphatic rings. The van der Waals surface area contributed by atoms with Crippen LogP contribution >= 0.6 is 0 Å². The van der Waals surface area contributed by atoms with Crippen LogP contribution in [-0.4, -0.2) is 26.5 Å². The number of benzene rings is 3. The zero-order chi connectivity index (χ0) is 21.8. The minimum absolute atomic E-state index is 0.0608. The topological polar surface area (TPSA) is 84.2 Å². The average molecular weight is 411 g/mol. The molecule has 1 atom stereocenters. The van der Waals surface area contributed by atoms with Crippen molar-refractivity contribution >= 4 is 34.7 Å². The highest BCUT2D eigenvalue weighted by atomic mass is 16.4. The molecule has 1 unspecified atom stereocenters. The Labute approximate surface area is 179 Å². The molecule has 1 heterocycles. The van der Waals surface area contributed by atoms with Crippen molar-refractivity contribution in [2.24, 2.45) is 0 Å². The Hall–Kier alpha value is -4.19. The van der Waals surface area contributed by atoms with Crippen LogP contribution in [0.2, 0.25) is 0 Å². The molecule has 2 N–H and O–H groups in total. The van der Waals surface area contributed by atoms with E-state index in [2.05, 4.69) is 16.9 Å². The zero-order valence-electron chi connectivity index (χ0n) is 16.7. The molecular formula is C25H21N3O3. The highest BCUT2D eigenvalue weighted by molar-refractivity contribution is 6.05. The first-order chi connectivity index (χ1) is 15.0. The number of fused-ring (bicyclic) bond motifs is 1. The number of nitrogens with one attached hydrogen (secondary N) is 1. The van der Waals surface area contributed by atoms with Crippen LogP contribution < -0.4 is 5.32 Å². The minimum atomic E-state index is -0.887. The van der Waals surface area contributed by atoms with Crippen LogP contribution in [0, 0.1) is 0 Å². The van der Waals surface area contributed by atoms with Gasteiger partial charge in [-0.25, -0.2) is 4.98 Å². The number of aromatic nitrogens is 2. The number of amides is 1. The lowest BCUT2D eigenvalue weighted by Gasteiger charge is -2.18. The van der Waals surface area contributed by atoms with Gasteiger partial charge < -0.3 is 15.0 Å². The summed E-state index contributed by atoms with van der Waals surface area (Å²) in [5, 5.41) is 12.3. The SMILES string of the molecule is C=Cc1ccc(C(=O)Nc2ccc3c(c2)ncn3C(CC(=O)O)c2ccccc2)cc1. The predicted octanol–water partition coefficient (Wildman–Crippen LogP) is 5.00. The summed E-state index contributed by atoms with van der Waals surface area (Å²) in [6.45, 7) is 3.71. The third-order valence-corrected chi connectivity index (χ3v) is 5.13. The number of nitrogens with zero attached hydrogens (tertiary/aromatic N) is 2. The summed E-state index contributed by atoms with van der Waals surface area (Å²) >= 11 is 0. The van der Waals surface area contributed by atoms with E-state index in [-0.39, 0.29) is 18.4 Å². The molecule has 0 saturated carbocycles. The van der Waals surface area contributed by atoms with Crippen LogP contribution in [0.1, 0.15) is 33.9 Å². The van der Waals surface area contributed by atoms with E-state index < -0.39 is 5.97 Å². The molecule has 0 saturated heterocycles. The summed E-state index contributed by atoms with van der Waals surface area (Å²) in [4.78, 5) is 28.5. The van der Waals surface area contributed by atoms with Crippen LogP contribution in [-0.2, 0) is 4.79 Å². The molecule has 0 bridgehead atoms. The number of imidazole rings is 1. The Bertz CT molecular complexity index is 1240. The van der Waals surface area contributed by atoms with Crippen molar-refractivity contribution in [2.75, 3.05) is 5.32 Å². The summed E-state index contributed by atoms with van der Waals surface area (Å²) < 4.78 is 1.86. The molecular weight excluding hydrogens is 390 g/mol. The van der Waals surface area contributed by atoms with Gasteiger partial charge in [0.2, 0.25) is 0 Å². The van der Waals surface area contributed by atoms with Gasteiger partial charge in [-0.3, -0.25) is 9.59 Å². The zero-order valence-corrected chi connectivity index (χ0v) is 16.7. The second-order valence-corrected chi connectivity index (χ2v) is 7.16. The Morgan fingerprint density at radius 1 is 1.06 bits per heavy atom. The van der Waals surface area contributed by atoms with Crippen molar-refractivity contribution in [3.63, 3.8) is 0 Å². The van der Waals surface area contributed by atoms with Crippen LogP contribution in [0.5, 0.6) is 0 Å². The van der Waals surface area contributed by atoms with Crippen molar-refractivity contribution in [3.8, 4) is 0 Å². The number of carbonyl (C=O) groups excluding carboxylic acids is 1. The maximum absolute atomic E-state index is 12.5. The molecule has 6 heteroatoms. The molecule has 1 aromatic heterocycles. The summed E-state index contributed by atoms with van der Waals surface area (Å²) in [5.41, 5.74) is 4.46. The lowest BCUT2D eigenvalue weighted by molar-refractivity contribution is -0.137. The summed E-state index contributed by atoms with van der Waals surface area (Å²) in [5.74, 6) is -1.11. The van der Waals surface area contributed by atoms with Gasteiger partial charge in [0.25, 0.3) is 5.91 Å². The fraction of sp³-hybridized carbons (Fsp3) is 0.0800. The Kier molecular flexibility index (Phi) is 5.62. The largest absolute Gasteiger partial charge is 0.481 e. The molecule has 31 heavy (non-hydrogen) atoms. The monoisotopic (exact) mass is 411 g/mol. The molecule has 0 aliphatic carbocycles. The van der Waals surface area contributed by atoms with Gasteiger partial charge >= 0.3 is 5.97 Å². The molecule has 1 amide bonds. The number of aliphatic carboxylic acids is 1. The smallest absolute Gasteiger partial charge is 0.305 e. The number of carboxylic acid groups (broad SMARTS) is 1. The normalized spacial score (nSPS) is 11.7. The van der Waals surface area contributed by atoms with Crippen LogP contribution in [0.15, 0.2) is 85.7 Å². The van der Waals surface area contributed by atoms with Crippen molar-refractivity contribution in [2.45, 2.75) is 12.5 Å². The minimum Gasteiger partial charge on any atom is -0.481 e. The highest BCUT2D eigenvalue weighted by Crippen LogP contribution is 2.28. The van der Waals surface area contributed by atoms with E-state index in [4.69, 9.17) is 0 Å². The molecule has 0 fully saturated rings. The number of carboxylic acids is 1. The van der Waals surface area contributed by atoms with Crippen molar-refractivity contribution in [1.82, 2.24) is 9.55 Å². The Morgan fingerprint density at radius 3 is 2.48 bits per heavy atom. The molecule has 154 valence electrons. The first-order valence-corrected chi connectivity index (χ1v) is 9.82. The number of carbonyl (C=O) groups is 2. The first kappa shape index (κ1) is 20.1. The second kappa shape index (κ2) is 8.67. The Balaban J connectivity index is 1.61. The van der Waals surface area contributed by atoms with Gasteiger partial charge in [-0.05, 0) is 41.5 Å². The van der Waals surface area contributed by atoms with Crippen molar-refractivity contribution < 1.29 is 14.7 Å². The standard InChI is InChI=1S/C25H21N3O3/c1-2-17-8-10-19(11-9-17)25(31)27-20-12-13-22-21(14-20)26-16-28(22)23(15-24(29)30)18-6-4-3-5-7-18/h2-14,16,23H,1,15H2,(H,27,31)(H,29,30). The van der Waals surface area contributed by atoms with Gasteiger partial charge in [0.1, 0.15) is 0 Å². The summed E-state index contributed by atoms with van der Waals surface area (Å²) in [6, 6.07) is 21.7. The van der Waals surface area contributed by atoms with Crippen LogP contribution in [0.3, 0.4) is 0 Å². The van der Waals surface area contributed by atoms with Gasteiger partial charge in [0.05, 0.1) is 29.8 Å². The number of rotatable bonds is 7. The lowest BCUT2D eigenvalue weighted by Crippen LogP contribution is -2.14. The molecule has 0 spiro atoms. The van der Waals surface area contributed by atoms with Crippen molar-refractivity contribution in [3.05, 3.63) is 102 Å². The molecule has 3 aromatic carbocycles. The number of anilines is 1. The van der Waals surface area contributed by atoms with E-state index in [1.807, 2.05) is 53.1 Å². The average Bonchev–Trinajstić information content (AvgIpc) is 3.21. The van der Waals surface area contributed by atoms with E-state index in [0.717, 1.165) is 16.6 Å². The molecule has 0 radical (unpaired) electrons. The van der Waals surface area contributed by atoms with Gasteiger partial charge in [-0.15, -0.1) is 0 Å².